The molecular formula is C18H24F3N3O3. The number of halogens is 3. The maximum atomic E-state index is 11.4. The van der Waals surface area contributed by atoms with E-state index in [9.17, 15) is 18.0 Å². The Kier molecular flexibility index (Phi) is 6.80. The molecule has 1 amide bonds. The Labute approximate surface area is 155 Å². The number of carbonyl (C=O) groups is 2. The first-order valence-electron chi connectivity index (χ1n) is 8.87. The van der Waals surface area contributed by atoms with E-state index in [1.807, 2.05) is 13.0 Å². The lowest BCUT2D eigenvalue weighted by Gasteiger charge is -2.37. The molecular weight excluding hydrogens is 363 g/mol. The molecule has 0 unspecified atom stereocenters. The molecule has 150 valence electrons. The van der Waals surface area contributed by atoms with E-state index in [0.717, 1.165) is 50.0 Å². The number of aliphatic carboxylic acids is 1. The molecule has 3 N–H and O–H groups in total. The van der Waals surface area contributed by atoms with E-state index in [-0.39, 0.29) is 11.4 Å². The lowest BCUT2D eigenvalue weighted by molar-refractivity contribution is -0.192. The molecule has 1 aliphatic carbocycles. The van der Waals surface area contributed by atoms with E-state index in [4.69, 9.17) is 9.90 Å². The first kappa shape index (κ1) is 21.1. The minimum absolute atomic E-state index is 0.122. The lowest BCUT2D eigenvalue weighted by Crippen LogP contribution is -2.47. The van der Waals surface area contributed by atoms with Crippen LogP contribution in [0.5, 0.6) is 0 Å². The van der Waals surface area contributed by atoms with Crippen molar-refractivity contribution in [2.75, 3.05) is 0 Å². The van der Waals surface area contributed by atoms with Gasteiger partial charge < -0.3 is 15.7 Å². The van der Waals surface area contributed by atoms with Crippen molar-refractivity contribution in [3.05, 3.63) is 29.6 Å². The largest absolute Gasteiger partial charge is 0.490 e. The number of carboxylic acids is 1. The molecule has 2 aliphatic rings. The van der Waals surface area contributed by atoms with Gasteiger partial charge in [0.25, 0.3) is 0 Å². The Morgan fingerprint density at radius 1 is 1.33 bits per heavy atom. The molecule has 1 saturated carbocycles. The van der Waals surface area contributed by atoms with Crippen molar-refractivity contribution < 1.29 is 27.9 Å². The van der Waals surface area contributed by atoms with Crippen molar-refractivity contribution in [1.82, 2.24) is 15.6 Å². The number of hydrogen-bond acceptors (Lipinski definition) is 4. The average Bonchev–Trinajstić information content (AvgIpc) is 2.95. The van der Waals surface area contributed by atoms with Crippen LogP contribution in [0.3, 0.4) is 0 Å². The third kappa shape index (κ3) is 6.50. The summed E-state index contributed by atoms with van der Waals surface area (Å²) in [4.78, 5) is 24.8. The summed E-state index contributed by atoms with van der Waals surface area (Å²) in [6, 6.07) is 6.71. The smallest absolute Gasteiger partial charge is 0.475 e. The van der Waals surface area contributed by atoms with Gasteiger partial charge in [0.15, 0.2) is 0 Å². The zero-order valence-electron chi connectivity index (χ0n) is 15.1. The molecule has 27 heavy (non-hydrogen) atoms. The summed E-state index contributed by atoms with van der Waals surface area (Å²) in [7, 11) is 0. The van der Waals surface area contributed by atoms with Gasteiger partial charge in [0, 0.05) is 30.2 Å². The first-order valence-corrected chi connectivity index (χ1v) is 8.87. The molecule has 2 heterocycles. The molecule has 1 aromatic rings. The van der Waals surface area contributed by atoms with Crippen LogP contribution in [0.4, 0.5) is 13.2 Å². The Morgan fingerprint density at radius 2 is 1.96 bits per heavy atom. The molecule has 1 saturated heterocycles. The van der Waals surface area contributed by atoms with Gasteiger partial charge in [-0.2, -0.15) is 13.2 Å². The number of carboxylic acid groups (broad SMARTS) is 1. The van der Waals surface area contributed by atoms with Crippen LogP contribution < -0.4 is 10.6 Å². The van der Waals surface area contributed by atoms with Crippen LogP contribution >= 0.6 is 0 Å². The standard InChI is InChI=1S/C16H23N3O.C2HF3O2/c1-12-3-2-4-14(18-12)11-17-13-5-8-16(9-6-13)10-7-15(20)19-16;3-2(4,5)1(6)7/h2-4,13,17H,5-11H2,1H3,(H,19,20);(H,6,7). The van der Waals surface area contributed by atoms with Crippen LogP contribution in [-0.2, 0) is 16.1 Å². The number of aryl methyl sites for hydroxylation is 1. The van der Waals surface area contributed by atoms with Gasteiger partial charge in [0.2, 0.25) is 5.91 Å². The molecule has 3 rings (SSSR count). The minimum atomic E-state index is -5.08. The van der Waals surface area contributed by atoms with Crippen molar-refractivity contribution in [3.63, 3.8) is 0 Å². The predicted molar refractivity (Wildman–Crippen MR) is 91.9 cm³/mol. The fraction of sp³-hybridized carbons (Fsp3) is 0.611. The highest BCUT2D eigenvalue weighted by Gasteiger charge is 2.40. The number of rotatable bonds is 3. The SMILES string of the molecule is Cc1cccc(CNC2CCC3(CCC(=O)N3)CC2)n1.O=C(O)C(F)(F)F. The molecule has 1 spiro atoms. The van der Waals surface area contributed by atoms with Crippen molar-refractivity contribution in [2.45, 2.75) is 69.8 Å². The number of alkyl halides is 3. The quantitative estimate of drug-likeness (QED) is 0.742. The van der Waals surface area contributed by atoms with E-state index in [1.54, 1.807) is 0 Å². The summed E-state index contributed by atoms with van der Waals surface area (Å²) in [6.07, 6.45) is 1.16. The van der Waals surface area contributed by atoms with Crippen LogP contribution in [0.25, 0.3) is 0 Å². The number of aromatic nitrogens is 1. The number of carbonyl (C=O) groups excluding carboxylic acids is 1. The van der Waals surface area contributed by atoms with Gasteiger partial charge in [0.1, 0.15) is 0 Å². The summed E-state index contributed by atoms with van der Waals surface area (Å²) >= 11 is 0. The van der Waals surface area contributed by atoms with E-state index >= 15 is 0 Å². The number of nitrogens with one attached hydrogen (secondary N) is 2. The number of hydrogen-bond donors (Lipinski definition) is 3. The van der Waals surface area contributed by atoms with E-state index < -0.39 is 12.1 Å². The second-order valence-electron chi connectivity index (χ2n) is 7.06. The lowest BCUT2D eigenvalue weighted by atomic mass is 9.78. The first-order chi connectivity index (χ1) is 12.6. The predicted octanol–water partition coefficient (Wildman–Crippen LogP) is 2.70. The van der Waals surface area contributed by atoms with Crippen molar-refractivity contribution in [3.8, 4) is 0 Å². The van der Waals surface area contributed by atoms with Gasteiger partial charge in [-0.25, -0.2) is 4.79 Å². The van der Waals surface area contributed by atoms with Crippen LogP contribution in [0.2, 0.25) is 0 Å². The number of pyridine rings is 1. The second-order valence-corrected chi connectivity index (χ2v) is 7.06. The van der Waals surface area contributed by atoms with Gasteiger partial charge in [-0.3, -0.25) is 9.78 Å². The summed E-state index contributed by atoms with van der Waals surface area (Å²) in [5.74, 6) is -2.52. The highest BCUT2D eigenvalue weighted by Crippen LogP contribution is 2.35. The summed E-state index contributed by atoms with van der Waals surface area (Å²) in [5, 5.41) is 13.9. The van der Waals surface area contributed by atoms with E-state index in [1.165, 1.54) is 0 Å². The van der Waals surface area contributed by atoms with E-state index in [0.29, 0.717) is 12.5 Å². The summed E-state index contributed by atoms with van der Waals surface area (Å²) < 4.78 is 31.7. The Morgan fingerprint density at radius 3 is 2.44 bits per heavy atom. The van der Waals surface area contributed by atoms with Gasteiger partial charge in [-0.05, 0) is 51.2 Å². The van der Waals surface area contributed by atoms with Crippen molar-refractivity contribution >= 4 is 11.9 Å². The molecule has 0 radical (unpaired) electrons. The summed E-state index contributed by atoms with van der Waals surface area (Å²) in [6.45, 7) is 2.86. The highest BCUT2D eigenvalue weighted by molar-refractivity contribution is 5.79. The zero-order valence-corrected chi connectivity index (χ0v) is 15.1. The summed E-state index contributed by atoms with van der Waals surface area (Å²) in [5.41, 5.74) is 2.30. The molecule has 1 aliphatic heterocycles. The Bertz CT molecular complexity index is 671. The van der Waals surface area contributed by atoms with Gasteiger partial charge >= 0.3 is 12.1 Å². The van der Waals surface area contributed by atoms with Crippen molar-refractivity contribution in [2.24, 2.45) is 0 Å². The molecule has 9 heteroatoms. The third-order valence-electron chi connectivity index (χ3n) is 4.94. The Balaban J connectivity index is 0.000000321. The van der Waals surface area contributed by atoms with Gasteiger partial charge in [-0.15, -0.1) is 0 Å². The molecule has 2 fully saturated rings. The zero-order chi connectivity index (χ0) is 20.1. The maximum absolute atomic E-state index is 11.4. The monoisotopic (exact) mass is 387 g/mol. The van der Waals surface area contributed by atoms with Crippen LogP contribution in [0.1, 0.15) is 49.9 Å². The molecule has 1 aromatic heterocycles. The van der Waals surface area contributed by atoms with Crippen molar-refractivity contribution in [1.29, 1.82) is 0 Å². The van der Waals surface area contributed by atoms with E-state index in [2.05, 4.69) is 27.8 Å². The van der Waals surface area contributed by atoms with Gasteiger partial charge in [-0.1, -0.05) is 6.07 Å². The molecule has 0 bridgehead atoms. The van der Waals surface area contributed by atoms with Gasteiger partial charge in [0.05, 0.1) is 5.69 Å². The topological polar surface area (TPSA) is 91.3 Å². The maximum Gasteiger partial charge on any atom is 0.490 e. The minimum Gasteiger partial charge on any atom is -0.475 e. The van der Waals surface area contributed by atoms with Crippen LogP contribution in [-0.4, -0.2) is 39.7 Å². The molecule has 0 atom stereocenters. The third-order valence-corrected chi connectivity index (χ3v) is 4.94. The normalized spacial score (nSPS) is 24.9. The molecule has 6 nitrogen and oxygen atoms in total. The number of nitrogens with zero attached hydrogens (tertiary/aromatic N) is 1. The fourth-order valence-corrected chi connectivity index (χ4v) is 3.47. The highest BCUT2D eigenvalue weighted by atomic mass is 19.4. The fourth-order valence-electron chi connectivity index (χ4n) is 3.47. The second kappa shape index (κ2) is 8.69. The number of amides is 1. The average molecular weight is 387 g/mol. The Hall–Kier alpha value is -2.16. The van der Waals surface area contributed by atoms with Crippen LogP contribution in [0, 0.1) is 6.92 Å². The van der Waals surface area contributed by atoms with Crippen LogP contribution in [0.15, 0.2) is 18.2 Å². The molecule has 0 aromatic carbocycles.